The van der Waals surface area contributed by atoms with Crippen LogP contribution in [0.2, 0.25) is 10.0 Å². The standard InChI is InChI=1S/C18H20Cl2N4O3/c1-2-27-18(26)24-7-5-14(6-8-24)22-11-12(10-21)17(25)23-16-4-3-13(19)9-15(16)20/h3-4,9,11,14,22H,2,5-8H2,1H3,(H,23,25)/b12-11-. The van der Waals surface area contributed by atoms with Crippen LogP contribution in [-0.2, 0) is 9.53 Å². The van der Waals surface area contributed by atoms with Crippen LogP contribution >= 0.6 is 23.2 Å². The minimum atomic E-state index is -0.571. The molecule has 7 nitrogen and oxygen atoms in total. The highest BCUT2D eigenvalue weighted by molar-refractivity contribution is 6.36. The average molecular weight is 411 g/mol. The molecule has 0 aromatic heterocycles. The number of rotatable bonds is 5. The number of nitriles is 1. The molecule has 1 aromatic rings. The molecule has 144 valence electrons. The quantitative estimate of drug-likeness (QED) is 0.571. The summed E-state index contributed by atoms with van der Waals surface area (Å²) < 4.78 is 4.98. The number of benzene rings is 1. The summed E-state index contributed by atoms with van der Waals surface area (Å²) in [5.74, 6) is -0.571. The normalized spacial score (nSPS) is 15.0. The van der Waals surface area contributed by atoms with E-state index in [1.807, 2.05) is 6.07 Å². The van der Waals surface area contributed by atoms with Gasteiger partial charge in [0.05, 0.1) is 17.3 Å². The molecule has 1 saturated heterocycles. The van der Waals surface area contributed by atoms with Gasteiger partial charge in [0, 0.05) is 30.4 Å². The lowest BCUT2D eigenvalue weighted by molar-refractivity contribution is -0.112. The van der Waals surface area contributed by atoms with Crippen molar-refractivity contribution >= 4 is 40.9 Å². The van der Waals surface area contributed by atoms with Gasteiger partial charge < -0.3 is 20.3 Å². The molecule has 27 heavy (non-hydrogen) atoms. The molecule has 0 saturated carbocycles. The first kappa shape index (κ1) is 20.9. The Morgan fingerprint density at radius 2 is 2.07 bits per heavy atom. The van der Waals surface area contributed by atoms with Crippen molar-refractivity contribution in [1.29, 1.82) is 5.26 Å². The van der Waals surface area contributed by atoms with Crippen LogP contribution in [0.5, 0.6) is 0 Å². The molecule has 1 aliphatic heterocycles. The largest absolute Gasteiger partial charge is 0.450 e. The molecule has 2 N–H and O–H groups in total. The van der Waals surface area contributed by atoms with Gasteiger partial charge in [0.25, 0.3) is 5.91 Å². The van der Waals surface area contributed by atoms with Crippen molar-refractivity contribution in [3.8, 4) is 6.07 Å². The molecule has 1 heterocycles. The van der Waals surface area contributed by atoms with Crippen molar-refractivity contribution < 1.29 is 14.3 Å². The minimum Gasteiger partial charge on any atom is -0.450 e. The van der Waals surface area contributed by atoms with Crippen LogP contribution in [-0.4, -0.2) is 42.6 Å². The van der Waals surface area contributed by atoms with Crippen molar-refractivity contribution in [2.75, 3.05) is 25.0 Å². The number of nitrogens with one attached hydrogen (secondary N) is 2. The molecule has 0 radical (unpaired) electrons. The fraction of sp³-hybridized carbons (Fsp3) is 0.389. The summed E-state index contributed by atoms with van der Waals surface area (Å²) in [6.07, 6.45) is 2.46. The number of carbonyl (C=O) groups is 2. The molecule has 2 rings (SSSR count). The number of anilines is 1. The Bertz CT molecular complexity index is 768. The third kappa shape index (κ3) is 6.05. The van der Waals surface area contributed by atoms with Gasteiger partial charge in [-0.25, -0.2) is 4.79 Å². The summed E-state index contributed by atoms with van der Waals surface area (Å²) in [5.41, 5.74) is 0.295. The molecule has 0 aliphatic carbocycles. The predicted molar refractivity (Wildman–Crippen MR) is 104 cm³/mol. The number of likely N-dealkylation sites (tertiary alicyclic amines) is 1. The Kier molecular flexibility index (Phi) is 7.77. The van der Waals surface area contributed by atoms with E-state index in [1.54, 1.807) is 24.0 Å². The number of carbonyl (C=O) groups excluding carboxylic acids is 2. The SMILES string of the molecule is CCOC(=O)N1CCC(N/C=C(/C#N)C(=O)Nc2ccc(Cl)cc2Cl)CC1. The number of nitrogens with zero attached hydrogens (tertiary/aromatic N) is 2. The number of ether oxygens (including phenoxy) is 1. The fourth-order valence-corrected chi connectivity index (χ4v) is 3.03. The maximum Gasteiger partial charge on any atom is 0.409 e. The van der Waals surface area contributed by atoms with E-state index in [0.29, 0.717) is 43.2 Å². The summed E-state index contributed by atoms with van der Waals surface area (Å²) in [4.78, 5) is 25.6. The van der Waals surface area contributed by atoms with Crippen molar-refractivity contribution in [2.24, 2.45) is 0 Å². The van der Waals surface area contributed by atoms with Crippen LogP contribution in [0.3, 0.4) is 0 Å². The van der Waals surface area contributed by atoms with Gasteiger partial charge in [-0.1, -0.05) is 23.2 Å². The zero-order valence-corrected chi connectivity index (χ0v) is 16.3. The zero-order valence-electron chi connectivity index (χ0n) is 14.8. The molecular formula is C18H20Cl2N4O3. The molecule has 0 bridgehead atoms. The van der Waals surface area contributed by atoms with Gasteiger partial charge >= 0.3 is 6.09 Å². The lowest BCUT2D eigenvalue weighted by Crippen LogP contribution is -2.44. The van der Waals surface area contributed by atoms with E-state index in [0.717, 1.165) is 0 Å². The molecule has 0 atom stereocenters. The molecule has 0 spiro atoms. The number of hydrogen-bond acceptors (Lipinski definition) is 5. The number of halogens is 2. The average Bonchev–Trinajstić information content (AvgIpc) is 2.65. The monoisotopic (exact) mass is 410 g/mol. The predicted octanol–water partition coefficient (Wildman–Crippen LogP) is 3.55. The maximum atomic E-state index is 12.3. The van der Waals surface area contributed by atoms with E-state index in [-0.39, 0.29) is 22.7 Å². The third-order valence-electron chi connectivity index (χ3n) is 4.03. The Balaban J connectivity index is 1.90. The van der Waals surface area contributed by atoms with E-state index < -0.39 is 5.91 Å². The van der Waals surface area contributed by atoms with E-state index in [4.69, 9.17) is 27.9 Å². The van der Waals surface area contributed by atoms with Gasteiger partial charge in [0.1, 0.15) is 11.6 Å². The first-order valence-electron chi connectivity index (χ1n) is 8.49. The van der Waals surface area contributed by atoms with E-state index in [2.05, 4.69) is 10.6 Å². The Morgan fingerprint density at radius 3 is 2.67 bits per heavy atom. The topological polar surface area (TPSA) is 94.5 Å². The summed E-state index contributed by atoms with van der Waals surface area (Å²) in [5, 5.41) is 15.6. The van der Waals surface area contributed by atoms with Crippen LogP contribution < -0.4 is 10.6 Å². The molecule has 2 amide bonds. The highest BCUT2D eigenvalue weighted by Gasteiger charge is 2.23. The van der Waals surface area contributed by atoms with Crippen molar-refractivity contribution in [3.05, 3.63) is 40.0 Å². The van der Waals surface area contributed by atoms with Gasteiger partial charge in [0.15, 0.2) is 0 Å². The van der Waals surface area contributed by atoms with Gasteiger partial charge in [-0.3, -0.25) is 4.79 Å². The zero-order chi connectivity index (χ0) is 19.8. The Hall–Kier alpha value is -2.43. The molecule has 1 fully saturated rings. The third-order valence-corrected chi connectivity index (χ3v) is 4.58. The summed E-state index contributed by atoms with van der Waals surface area (Å²) in [6.45, 7) is 3.22. The van der Waals surface area contributed by atoms with Gasteiger partial charge in [-0.15, -0.1) is 0 Å². The summed E-state index contributed by atoms with van der Waals surface area (Å²) in [6, 6.07) is 6.59. The molecular weight excluding hydrogens is 391 g/mol. The molecule has 1 aromatic carbocycles. The number of amides is 2. The molecule has 1 aliphatic rings. The lowest BCUT2D eigenvalue weighted by Gasteiger charge is -2.31. The first-order valence-corrected chi connectivity index (χ1v) is 9.24. The minimum absolute atomic E-state index is 0.0611. The summed E-state index contributed by atoms with van der Waals surface area (Å²) >= 11 is 11.8. The van der Waals surface area contributed by atoms with Crippen LogP contribution in [0.25, 0.3) is 0 Å². The van der Waals surface area contributed by atoms with Crippen molar-refractivity contribution in [2.45, 2.75) is 25.8 Å². The second kappa shape index (κ2) is 10.0. The van der Waals surface area contributed by atoms with Gasteiger partial charge in [0.2, 0.25) is 0 Å². The van der Waals surface area contributed by atoms with Crippen molar-refractivity contribution in [1.82, 2.24) is 10.2 Å². The van der Waals surface area contributed by atoms with E-state index in [9.17, 15) is 14.9 Å². The van der Waals surface area contributed by atoms with Crippen molar-refractivity contribution in [3.63, 3.8) is 0 Å². The Labute approximate surface area is 167 Å². The first-order chi connectivity index (χ1) is 12.9. The second-order valence-corrected chi connectivity index (χ2v) is 6.72. The lowest BCUT2D eigenvalue weighted by atomic mass is 10.1. The smallest absolute Gasteiger partial charge is 0.409 e. The van der Waals surface area contributed by atoms with Crippen LogP contribution in [0.15, 0.2) is 30.0 Å². The highest BCUT2D eigenvalue weighted by atomic mass is 35.5. The molecule has 0 unspecified atom stereocenters. The maximum absolute atomic E-state index is 12.3. The fourth-order valence-electron chi connectivity index (χ4n) is 2.57. The summed E-state index contributed by atoms with van der Waals surface area (Å²) in [7, 11) is 0. The van der Waals surface area contributed by atoms with Crippen LogP contribution in [0.4, 0.5) is 10.5 Å². The second-order valence-electron chi connectivity index (χ2n) is 5.88. The highest BCUT2D eigenvalue weighted by Crippen LogP contribution is 2.25. The molecule has 9 heteroatoms. The number of piperidine rings is 1. The Morgan fingerprint density at radius 1 is 1.37 bits per heavy atom. The van der Waals surface area contributed by atoms with E-state index in [1.165, 1.54) is 12.3 Å². The van der Waals surface area contributed by atoms with E-state index >= 15 is 0 Å². The van der Waals surface area contributed by atoms with Gasteiger partial charge in [-0.2, -0.15) is 5.26 Å². The van der Waals surface area contributed by atoms with Crippen LogP contribution in [0.1, 0.15) is 19.8 Å². The number of hydrogen-bond donors (Lipinski definition) is 2. The van der Waals surface area contributed by atoms with Gasteiger partial charge in [-0.05, 0) is 38.0 Å². The van der Waals surface area contributed by atoms with Crippen LogP contribution in [0, 0.1) is 11.3 Å².